The average Bonchev–Trinajstić information content (AvgIpc) is 3.16. The van der Waals surface area contributed by atoms with E-state index >= 15 is 0 Å². The van der Waals surface area contributed by atoms with E-state index in [-0.39, 0.29) is 11.3 Å². The first-order valence-corrected chi connectivity index (χ1v) is 13.1. The van der Waals surface area contributed by atoms with Gasteiger partial charge >= 0.3 is 0 Å². The zero-order valence-corrected chi connectivity index (χ0v) is 20.6. The van der Waals surface area contributed by atoms with Gasteiger partial charge in [-0.3, -0.25) is 9.59 Å². The zero-order valence-electron chi connectivity index (χ0n) is 20.6. The van der Waals surface area contributed by atoms with E-state index in [9.17, 15) is 9.59 Å². The molecule has 33 heavy (non-hydrogen) atoms. The van der Waals surface area contributed by atoms with Crippen LogP contribution in [0.4, 0.5) is 0 Å². The lowest BCUT2D eigenvalue weighted by atomic mass is 9.47. The number of amides is 2. The highest BCUT2D eigenvalue weighted by Gasteiger charge is 2.60. The molecule has 4 nitrogen and oxygen atoms in total. The molecule has 3 saturated carbocycles. The minimum absolute atomic E-state index is 0.0162. The molecule has 2 amide bonds. The molecule has 0 spiro atoms. The van der Waals surface area contributed by atoms with E-state index < -0.39 is 0 Å². The van der Waals surface area contributed by atoms with Crippen molar-refractivity contribution in [2.45, 2.75) is 71.3 Å². The summed E-state index contributed by atoms with van der Waals surface area (Å²) >= 11 is 0. The number of nitrogens with one attached hydrogen (secondary N) is 1. The van der Waals surface area contributed by atoms with Crippen molar-refractivity contribution in [1.82, 2.24) is 10.2 Å². The largest absolute Gasteiger partial charge is 0.352 e. The molecule has 4 heteroatoms. The molecule has 3 aliphatic carbocycles. The summed E-state index contributed by atoms with van der Waals surface area (Å²) in [7, 11) is 2.04. The van der Waals surface area contributed by atoms with Gasteiger partial charge in [-0.15, -0.1) is 0 Å². The predicted octanol–water partition coefficient (Wildman–Crippen LogP) is 5.30. The van der Waals surface area contributed by atoms with Crippen LogP contribution in [0.5, 0.6) is 0 Å². The van der Waals surface area contributed by atoms with Crippen LogP contribution < -0.4 is 5.32 Å². The molecule has 4 aliphatic rings. The third-order valence-corrected chi connectivity index (χ3v) is 10.5. The van der Waals surface area contributed by atoms with E-state index in [0.717, 1.165) is 49.1 Å². The summed E-state index contributed by atoms with van der Waals surface area (Å²) in [6.45, 7) is 5.80. The van der Waals surface area contributed by atoms with Crippen molar-refractivity contribution in [2.75, 3.05) is 13.6 Å². The van der Waals surface area contributed by atoms with Gasteiger partial charge in [0.1, 0.15) is 0 Å². The first-order valence-electron chi connectivity index (χ1n) is 13.1. The molecule has 1 saturated heterocycles. The van der Waals surface area contributed by atoms with Gasteiger partial charge in [-0.2, -0.15) is 0 Å². The molecule has 5 rings (SSSR count). The number of hydrogen-bond acceptors (Lipinski definition) is 2. The van der Waals surface area contributed by atoms with E-state index in [4.69, 9.17) is 0 Å². The Balaban J connectivity index is 1.24. The summed E-state index contributed by atoms with van der Waals surface area (Å²) in [5.74, 6) is 3.21. The van der Waals surface area contributed by atoms with Gasteiger partial charge in [-0.05, 0) is 91.1 Å². The van der Waals surface area contributed by atoms with Crippen molar-refractivity contribution < 1.29 is 9.59 Å². The smallest absolute Gasteiger partial charge is 0.244 e. The molecule has 1 aliphatic heterocycles. The normalized spacial score (nSPS) is 40.3. The lowest BCUT2D eigenvalue weighted by molar-refractivity contribution is -0.158. The Labute approximate surface area is 199 Å². The predicted molar refractivity (Wildman–Crippen MR) is 132 cm³/mol. The van der Waals surface area contributed by atoms with Gasteiger partial charge in [-0.25, -0.2) is 0 Å². The van der Waals surface area contributed by atoms with E-state index in [0.29, 0.717) is 23.3 Å². The highest BCUT2D eigenvalue weighted by Crippen LogP contribution is 2.66. The second-order valence-electron chi connectivity index (χ2n) is 11.8. The van der Waals surface area contributed by atoms with Crippen molar-refractivity contribution >= 4 is 17.9 Å². The molecular formula is C29H40N2O2. The number of hydrogen-bond donors (Lipinski definition) is 1. The van der Waals surface area contributed by atoms with E-state index in [1.807, 2.05) is 43.5 Å². The standard InChI is InChI=1S/C29H40N2O2/c1-28-17-15-24-22(11-13-25-29(24,2)18-16-27(33)31(25)3)23(28)12-10-21(28)19-30-26(32)14-9-20-7-5-4-6-8-20/h4-9,14,21-25H,10-13,15-19H2,1-3H3,(H,30,32)/b14-9+/t21-,22+,23+,24+,25-,28-,29-/m1/s1. The van der Waals surface area contributed by atoms with Crippen LogP contribution in [0, 0.1) is 34.5 Å². The summed E-state index contributed by atoms with van der Waals surface area (Å²) in [6, 6.07) is 10.4. The summed E-state index contributed by atoms with van der Waals surface area (Å²) in [5, 5.41) is 3.22. The maximum atomic E-state index is 12.5. The number of nitrogens with zero attached hydrogens (tertiary/aromatic N) is 1. The number of benzene rings is 1. The van der Waals surface area contributed by atoms with Crippen molar-refractivity contribution in [3.63, 3.8) is 0 Å². The van der Waals surface area contributed by atoms with Gasteiger partial charge in [0.05, 0.1) is 0 Å². The third-order valence-electron chi connectivity index (χ3n) is 10.5. The summed E-state index contributed by atoms with van der Waals surface area (Å²) in [4.78, 5) is 26.9. The average molecular weight is 449 g/mol. The van der Waals surface area contributed by atoms with Crippen LogP contribution in [0.2, 0.25) is 0 Å². The second kappa shape index (κ2) is 8.60. The fraction of sp³-hybridized carbons (Fsp3) is 0.655. The number of rotatable bonds is 4. The lowest BCUT2D eigenvalue weighted by Gasteiger charge is -2.61. The Morgan fingerprint density at radius 1 is 1.03 bits per heavy atom. The minimum atomic E-state index is 0.0162. The molecular weight excluding hydrogens is 408 g/mol. The van der Waals surface area contributed by atoms with Crippen LogP contribution in [0.3, 0.4) is 0 Å². The topological polar surface area (TPSA) is 49.4 Å². The van der Waals surface area contributed by atoms with Crippen molar-refractivity contribution in [3.8, 4) is 0 Å². The molecule has 1 aromatic rings. The lowest BCUT2D eigenvalue weighted by Crippen LogP contribution is -2.61. The number of carbonyl (C=O) groups excluding carboxylic acids is 2. The summed E-state index contributed by atoms with van der Waals surface area (Å²) in [6.07, 6.45) is 12.9. The quantitative estimate of drug-likeness (QED) is 0.636. The van der Waals surface area contributed by atoms with E-state index in [2.05, 4.69) is 24.1 Å². The van der Waals surface area contributed by atoms with Gasteiger partial charge in [-0.1, -0.05) is 44.2 Å². The highest BCUT2D eigenvalue weighted by molar-refractivity contribution is 5.91. The molecule has 1 N–H and O–H groups in total. The summed E-state index contributed by atoms with van der Waals surface area (Å²) < 4.78 is 0. The number of likely N-dealkylation sites (tertiary alicyclic amines) is 1. The molecule has 0 unspecified atom stereocenters. The molecule has 0 bridgehead atoms. The second-order valence-corrected chi connectivity index (χ2v) is 11.8. The van der Waals surface area contributed by atoms with Crippen LogP contribution in [0.25, 0.3) is 6.08 Å². The SMILES string of the molecule is CN1C(=O)CC[C@]2(C)[C@H]3CC[C@]4(C)[C@@H](CNC(=O)/C=C/c5ccccc5)CC[C@H]4[C@@H]3CC[C@@H]12. The Bertz CT molecular complexity index is 927. The van der Waals surface area contributed by atoms with Gasteiger partial charge < -0.3 is 10.2 Å². The first kappa shape index (κ1) is 22.7. The Morgan fingerprint density at radius 3 is 2.58 bits per heavy atom. The van der Waals surface area contributed by atoms with Gasteiger partial charge in [0.25, 0.3) is 0 Å². The van der Waals surface area contributed by atoms with Crippen molar-refractivity contribution in [1.29, 1.82) is 0 Å². The van der Waals surface area contributed by atoms with Crippen molar-refractivity contribution in [2.24, 2.45) is 34.5 Å². The number of fused-ring (bicyclic) bond motifs is 5. The first-order chi connectivity index (χ1) is 15.8. The molecule has 1 heterocycles. The molecule has 1 aromatic carbocycles. The van der Waals surface area contributed by atoms with Crippen LogP contribution in [0.1, 0.15) is 70.8 Å². The monoisotopic (exact) mass is 448 g/mol. The number of carbonyl (C=O) groups is 2. The fourth-order valence-corrected chi connectivity index (χ4v) is 8.61. The third kappa shape index (κ3) is 3.84. The van der Waals surface area contributed by atoms with E-state index in [1.165, 1.54) is 32.1 Å². The van der Waals surface area contributed by atoms with Crippen LogP contribution in [-0.4, -0.2) is 36.3 Å². The van der Waals surface area contributed by atoms with Crippen molar-refractivity contribution in [3.05, 3.63) is 42.0 Å². The maximum absolute atomic E-state index is 12.5. The zero-order chi connectivity index (χ0) is 23.2. The molecule has 178 valence electrons. The Hall–Kier alpha value is -2.10. The van der Waals surface area contributed by atoms with Gasteiger partial charge in [0.2, 0.25) is 11.8 Å². The summed E-state index contributed by atoms with van der Waals surface area (Å²) in [5.41, 5.74) is 1.66. The van der Waals surface area contributed by atoms with Crippen LogP contribution >= 0.6 is 0 Å². The fourth-order valence-electron chi connectivity index (χ4n) is 8.61. The Morgan fingerprint density at radius 2 is 1.79 bits per heavy atom. The maximum Gasteiger partial charge on any atom is 0.244 e. The molecule has 0 aromatic heterocycles. The highest BCUT2D eigenvalue weighted by atomic mass is 16.2. The van der Waals surface area contributed by atoms with Crippen LogP contribution in [0.15, 0.2) is 36.4 Å². The van der Waals surface area contributed by atoms with Gasteiger partial charge in [0, 0.05) is 32.1 Å². The molecule has 4 fully saturated rings. The van der Waals surface area contributed by atoms with Gasteiger partial charge in [0.15, 0.2) is 0 Å². The Kier molecular flexibility index (Phi) is 5.91. The van der Waals surface area contributed by atoms with Crippen LogP contribution in [-0.2, 0) is 9.59 Å². The minimum Gasteiger partial charge on any atom is -0.352 e. The number of piperidine rings is 1. The van der Waals surface area contributed by atoms with E-state index in [1.54, 1.807) is 6.08 Å². The molecule has 0 radical (unpaired) electrons. The molecule has 7 atom stereocenters.